The van der Waals surface area contributed by atoms with Gasteiger partial charge in [0.2, 0.25) is 0 Å². The monoisotopic (exact) mass is 358 g/mol. The topological polar surface area (TPSA) is 41.1 Å². The average molecular weight is 360 g/mol. The van der Waals surface area contributed by atoms with E-state index in [1.54, 1.807) is 42.5 Å². The van der Waals surface area contributed by atoms with Gasteiger partial charge < -0.3 is 5.32 Å². The van der Waals surface area contributed by atoms with E-state index in [1.807, 2.05) is 0 Å². The summed E-state index contributed by atoms with van der Waals surface area (Å²) in [5.74, 6) is -0.406. The molecule has 21 heavy (non-hydrogen) atoms. The number of carbonyl (C=O) groups excluding carboxylic acids is 1. The Hall–Kier alpha value is -1.33. The van der Waals surface area contributed by atoms with Crippen LogP contribution >= 0.6 is 47.0 Å². The average Bonchev–Trinajstić information content (AvgIpc) is 2.43. The van der Waals surface area contributed by atoms with Crippen molar-refractivity contribution in [2.75, 3.05) is 5.32 Å². The Labute approximate surface area is 142 Å². The van der Waals surface area contributed by atoms with Crippen LogP contribution in [0.1, 0.15) is 10.4 Å². The molecule has 2 rings (SSSR count). The van der Waals surface area contributed by atoms with Gasteiger partial charge in [-0.3, -0.25) is 10.1 Å². The van der Waals surface area contributed by atoms with Gasteiger partial charge in [0.1, 0.15) is 0 Å². The lowest BCUT2D eigenvalue weighted by molar-refractivity contribution is 0.0978. The van der Waals surface area contributed by atoms with Gasteiger partial charge in [-0.25, -0.2) is 0 Å². The predicted molar refractivity (Wildman–Crippen MR) is 91.6 cm³/mol. The number of benzene rings is 2. The van der Waals surface area contributed by atoms with Gasteiger partial charge in [-0.2, -0.15) is 0 Å². The van der Waals surface area contributed by atoms with Crippen molar-refractivity contribution in [1.82, 2.24) is 5.32 Å². The first-order valence-electron chi connectivity index (χ1n) is 5.79. The molecule has 2 aromatic rings. The summed E-state index contributed by atoms with van der Waals surface area (Å²) in [7, 11) is 0. The third-order valence-electron chi connectivity index (χ3n) is 2.52. The van der Waals surface area contributed by atoms with Crippen molar-refractivity contribution in [1.29, 1.82) is 0 Å². The molecule has 3 nitrogen and oxygen atoms in total. The van der Waals surface area contributed by atoms with Gasteiger partial charge in [-0.1, -0.05) is 46.9 Å². The number of anilines is 1. The standard InChI is InChI=1S/C14H9Cl3N2OS/c15-8-5-6-11(17)12(7-8)18-14(21)19-13(20)9-3-1-2-4-10(9)16/h1-7H,(H2,18,19,20,21). The van der Waals surface area contributed by atoms with Crippen LogP contribution in [-0.2, 0) is 0 Å². The highest BCUT2D eigenvalue weighted by molar-refractivity contribution is 7.80. The molecule has 0 aliphatic rings. The Morgan fingerprint density at radius 3 is 2.43 bits per heavy atom. The highest BCUT2D eigenvalue weighted by Crippen LogP contribution is 2.25. The first-order chi connectivity index (χ1) is 9.97. The zero-order valence-electron chi connectivity index (χ0n) is 10.5. The number of rotatable bonds is 2. The Bertz CT molecular complexity index is 706. The Balaban J connectivity index is 2.07. The van der Waals surface area contributed by atoms with Gasteiger partial charge in [0, 0.05) is 5.02 Å². The highest BCUT2D eigenvalue weighted by atomic mass is 35.5. The lowest BCUT2D eigenvalue weighted by atomic mass is 10.2. The Kier molecular flexibility index (Phi) is 5.42. The highest BCUT2D eigenvalue weighted by Gasteiger charge is 2.12. The number of amides is 1. The van der Waals surface area contributed by atoms with Crippen LogP contribution in [-0.4, -0.2) is 11.0 Å². The molecule has 0 spiro atoms. The molecular formula is C14H9Cl3N2OS. The second-order valence-electron chi connectivity index (χ2n) is 4.01. The fourth-order valence-corrected chi connectivity index (χ4v) is 2.32. The maximum Gasteiger partial charge on any atom is 0.258 e. The number of nitrogens with one attached hydrogen (secondary N) is 2. The van der Waals surface area contributed by atoms with E-state index in [1.165, 1.54) is 0 Å². The lowest BCUT2D eigenvalue weighted by Gasteiger charge is -2.11. The molecule has 7 heteroatoms. The molecule has 2 N–H and O–H groups in total. The lowest BCUT2D eigenvalue weighted by Crippen LogP contribution is -2.34. The summed E-state index contributed by atoms with van der Waals surface area (Å²) < 4.78 is 0. The number of hydrogen-bond acceptors (Lipinski definition) is 2. The van der Waals surface area contributed by atoms with Gasteiger partial charge in [-0.15, -0.1) is 0 Å². The van der Waals surface area contributed by atoms with Gasteiger partial charge in [0.25, 0.3) is 5.91 Å². The van der Waals surface area contributed by atoms with Gasteiger partial charge in [0.05, 0.1) is 21.3 Å². The van der Waals surface area contributed by atoms with E-state index in [0.29, 0.717) is 26.3 Å². The molecule has 0 unspecified atom stereocenters. The van der Waals surface area contributed by atoms with Crippen LogP contribution in [0.5, 0.6) is 0 Å². The second kappa shape index (κ2) is 7.09. The molecule has 1 amide bonds. The quantitative estimate of drug-likeness (QED) is 0.759. The molecule has 0 fully saturated rings. The molecule has 0 radical (unpaired) electrons. The summed E-state index contributed by atoms with van der Waals surface area (Å²) in [5.41, 5.74) is 0.842. The Morgan fingerprint density at radius 1 is 1.00 bits per heavy atom. The number of carbonyl (C=O) groups is 1. The molecule has 0 saturated heterocycles. The van der Waals surface area contributed by atoms with Crippen LogP contribution in [0.25, 0.3) is 0 Å². The number of thiocarbonyl (C=S) groups is 1. The van der Waals surface area contributed by atoms with Crippen LogP contribution in [0.15, 0.2) is 42.5 Å². The third-order valence-corrected chi connectivity index (χ3v) is 3.62. The normalized spacial score (nSPS) is 10.0. The largest absolute Gasteiger partial charge is 0.331 e. The van der Waals surface area contributed by atoms with E-state index in [-0.39, 0.29) is 5.11 Å². The minimum atomic E-state index is -0.406. The minimum absolute atomic E-state index is 0.101. The summed E-state index contributed by atoms with van der Waals surface area (Å²) in [6, 6.07) is 11.6. The maximum atomic E-state index is 12.0. The van der Waals surface area contributed by atoms with Gasteiger partial charge in [0.15, 0.2) is 5.11 Å². The SMILES string of the molecule is O=C(NC(=S)Nc1cc(Cl)ccc1Cl)c1ccccc1Cl. The predicted octanol–water partition coefficient (Wildman–Crippen LogP) is 4.77. The van der Waals surface area contributed by atoms with Crippen LogP contribution in [0.4, 0.5) is 5.69 Å². The molecule has 0 aliphatic carbocycles. The van der Waals surface area contributed by atoms with E-state index in [9.17, 15) is 4.79 Å². The summed E-state index contributed by atoms with van der Waals surface area (Å²) in [6.07, 6.45) is 0. The summed E-state index contributed by atoms with van der Waals surface area (Å²) >= 11 is 22.9. The van der Waals surface area contributed by atoms with Gasteiger partial charge >= 0.3 is 0 Å². The van der Waals surface area contributed by atoms with Crippen LogP contribution in [0, 0.1) is 0 Å². The third kappa shape index (κ3) is 4.32. The smallest absolute Gasteiger partial charge is 0.258 e. The van der Waals surface area contributed by atoms with Crippen molar-refractivity contribution < 1.29 is 4.79 Å². The van der Waals surface area contributed by atoms with E-state index in [0.717, 1.165) is 0 Å². The summed E-state index contributed by atoms with van der Waals surface area (Å²) in [4.78, 5) is 12.0. The molecule has 0 heterocycles. The second-order valence-corrected chi connectivity index (χ2v) is 5.67. The van der Waals surface area contributed by atoms with E-state index in [2.05, 4.69) is 10.6 Å². The summed E-state index contributed by atoms with van der Waals surface area (Å²) in [6.45, 7) is 0. The van der Waals surface area contributed by atoms with Crippen molar-refractivity contribution in [2.45, 2.75) is 0 Å². The van der Waals surface area contributed by atoms with Crippen LogP contribution in [0.2, 0.25) is 15.1 Å². The van der Waals surface area contributed by atoms with Crippen molar-refractivity contribution in [3.8, 4) is 0 Å². The van der Waals surface area contributed by atoms with Crippen LogP contribution in [0.3, 0.4) is 0 Å². The van der Waals surface area contributed by atoms with Crippen molar-refractivity contribution in [3.05, 3.63) is 63.1 Å². The molecule has 0 atom stereocenters. The molecule has 0 saturated carbocycles. The Morgan fingerprint density at radius 2 is 1.71 bits per heavy atom. The van der Waals surface area contributed by atoms with E-state index >= 15 is 0 Å². The zero-order valence-corrected chi connectivity index (χ0v) is 13.6. The maximum absolute atomic E-state index is 12.0. The van der Waals surface area contributed by atoms with Crippen molar-refractivity contribution >= 4 is 63.7 Å². The molecule has 0 aliphatic heterocycles. The van der Waals surface area contributed by atoms with Crippen LogP contribution < -0.4 is 10.6 Å². The van der Waals surface area contributed by atoms with Gasteiger partial charge in [-0.05, 0) is 42.5 Å². The van der Waals surface area contributed by atoms with Crippen molar-refractivity contribution in [2.24, 2.45) is 0 Å². The van der Waals surface area contributed by atoms with E-state index < -0.39 is 5.91 Å². The first-order valence-corrected chi connectivity index (χ1v) is 7.33. The fraction of sp³-hybridized carbons (Fsp3) is 0. The van der Waals surface area contributed by atoms with Crippen molar-refractivity contribution in [3.63, 3.8) is 0 Å². The molecule has 0 bridgehead atoms. The molecule has 108 valence electrons. The van der Waals surface area contributed by atoms with E-state index in [4.69, 9.17) is 47.0 Å². The first kappa shape index (κ1) is 16.0. The fourth-order valence-electron chi connectivity index (χ4n) is 1.56. The summed E-state index contributed by atoms with van der Waals surface area (Å²) in [5, 5.41) is 6.73. The zero-order chi connectivity index (χ0) is 15.4. The minimum Gasteiger partial charge on any atom is -0.331 e. The number of halogens is 3. The number of hydrogen-bond donors (Lipinski definition) is 2. The molecular weight excluding hydrogens is 351 g/mol. The molecule has 0 aromatic heterocycles. The molecule has 2 aromatic carbocycles.